The molecule has 0 unspecified atom stereocenters. The van der Waals surface area contributed by atoms with E-state index in [9.17, 15) is 13.2 Å². The topological polar surface area (TPSA) is 69.7 Å². The zero-order chi connectivity index (χ0) is 17.6. The lowest BCUT2D eigenvalue weighted by molar-refractivity contribution is -0.121. The van der Waals surface area contributed by atoms with E-state index < -0.39 is 10.0 Å². The third kappa shape index (κ3) is 5.70. The van der Waals surface area contributed by atoms with Crippen LogP contribution < -0.4 is 5.32 Å². The van der Waals surface area contributed by atoms with E-state index in [1.165, 1.54) is 38.4 Å². The predicted octanol–water partition coefficient (Wildman–Crippen LogP) is 2.01. The van der Waals surface area contributed by atoms with Gasteiger partial charge in [-0.15, -0.1) is 11.3 Å². The SMILES string of the molecule is CN(CC(=O)NCCCN1CCCCC1)S(=O)(=O)c1ccc(Cl)s1. The minimum Gasteiger partial charge on any atom is -0.355 e. The van der Waals surface area contributed by atoms with Crippen LogP contribution >= 0.6 is 22.9 Å². The number of carbonyl (C=O) groups excluding carboxylic acids is 1. The second-order valence-electron chi connectivity index (χ2n) is 5.93. The second-order valence-corrected chi connectivity index (χ2v) is 9.91. The Morgan fingerprint density at radius 3 is 2.67 bits per heavy atom. The summed E-state index contributed by atoms with van der Waals surface area (Å²) in [5, 5.41) is 2.79. The Bertz CT molecular complexity index is 642. The van der Waals surface area contributed by atoms with Gasteiger partial charge in [-0.3, -0.25) is 4.79 Å². The fourth-order valence-electron chi connectivity index (χ4n) is 2.65. The Morgan fingerprint density at radius 2 is 2.04 bits per heavy atom. The lowest BCUT2D eigenvalue weighted by atomic mass is 10.1. The summed E-state index contributed by atoms with van der Waals surface area (Å²) in [4.78, 5) is 14.3. The van der Waals surface area contributed by atoms with Gasteiger partial charge in [0, 0.05) is 13.6 Å². The largest absolute Gasteiger partial charge is 0.355 e. The minimum atomic E-state index is -3.66. The highest BCUT2D eigenvalue weighted by atomic mass is 35.5. The average Bonchev–Trinajstić information content (AvgIpc) is 3.00. The molecule has 1 aromatic heterocycles. The number of hydrogen-bond acceptors (Lipinski definition) is 5. The minimum absolute atomic E-state index is 0.146. The van der Waals surface area contributed by atoms with Gasteiger partial charge in [0.25, 0.3) is 10.0 Å². The molecule has 0 radical (unpaired) electrons. The first kappa shape index (κ1) is 19.7. The smallest absolute Gasteiger partial charge is 0.252 e. The molecular formula is C15H24ClN3O3S2. The molecule has 136 valence electrons. The summed E-state index contributed by atoms with van der Waals surface area (Å²) >= 11 is 6.76. The van der Waals surface area contributed by atoms with Crippen molar-refractivity contribution in [1.29, 1.82) is 0 Å². The van der Waals surface area contributed by atoms with Crippen molar-refractivity contribution in [3.05, 3.63) is 16.5 Å². The Hall–Kier alpha value is -0.670. The zero-order valence-electron chi connectivity index (χ0n) is 13.8. The number of amides is 1. The van der Waals surface area contributed by atoms with E-state index in [-0.39, 0.29) is 16.7 Å². The van der Waals surface area contributed by atoms with Crippen molar-refractivity contribution in [1.82, 2.24) is 14.5 Å². The summed E-state index contributed by atoms with van der Waals surface area (Å²) in [6, 6.07) is 2.99. The number of nitrogens with one attached hydrogen (secondary N) is 1. The summed E-state index contributed by atoms with van der Waals surface area (Å²) in [5.41, 5.74) is 0. The number of likely N-dealkylation sites (N-methyl/N-ethyl adjacent to an activating group) is 1. The van der Waals surface area contributed by atoms with Crippen LogP contribution in [0.3, 0.4) is 0 Å². The van der Waals surface area contributed by atoms with Gasteiger partial charge in [-0.05, 0) is 51.0 Å². The Balaban J connectivity index is 1.71. The zero-order valence-corrected chi connectivity index (χ0v) is 16.2. The van der Waals surface area contributed by atoms with E-state index in [0.29, 0.717) is 10.9 Å². The molecule has 24 heavy (non-hydrogen) atoms. The molecule has 0 bridgehead atoms. The van der Waals surface area contributed by atoms with Gasteiger partial charge in [-0.1, -0.05) is 18.0 Å². The number of piperidine rings is 1. The van der Waals surface area contributed by atoms with Gasteiger partial charge in [0.15, 0.2) is 0 Å². The maximum Gasteiger partial charge on any atom is 0.252 e. The second kappa shape index (κ2) is 9.15. The fraction of sp³-hybridized carbons (Fsp3) is 0.667. The molecular weight excluding hydrogens is 370 g/mol. The molecule has 1 aliphatic rings. The van der Waals surface area contributed by atoms with E-state index in [2.05, 4.69) is 10.2 Å². The van der Waals surface area contributed by atoms with Gasteiger partial charge in [-0.25, -0.2) is 8.42 Å². The van der Waals surface area contributed by atoms with Gasteiger partial charge < -0.3 is 10.2 Å². The quantitative estimate of drug-likeness (QED) is 0.686. The highest BCUT2D eigenvalue weighted by molar-refractivity contribution is 7.91. The molecule has 9 heteroatoms. The van der Waals surface area contributed by atoms with Crippen molar-refractivity contribution in [2.45, 2.75) is 29.9 Å². The van der Waals surface area contributed by atoms with E-state index in [1.54, 1.807) is 0 Å². The highest BCUT2D eigenvalue weighted by Crippen LogP contribution is 2.27. The molecule has 1 aromatic rings. The summed E-state index contributed by atoms with van der Waals surface area (Å²) in [6.07, 6.45) is 4.69. The number of sulfonamides is 1. The van der Waals surface area contributed by atoms with Gasteiger partial charge in [0.05, 0.1) is 10.9 Å². The number of hydrogen-bond donors (Lipinski definition) is 1. The summed E-state index contributed by atoms with van der Waals surface area (Å²) in [7, 11) is -2.26. The van der Waals surface area contributed by atoms with Crippen molar-refractivity contribution >= 4 is 38.9 Å². The van der Waals surface area contributed by atoms with Gasteiger partial charge in [-0.2, -0.15) is 4.31 Å². The number of thiophene rings is 1. The molecule has 2 heterocycles. The molecule has 1 aliphatic heterocycles. The molecule has 0 spiro atoms. The third-order valence-corrected chi connectivity index (χ3v) is 7.50. The molecule has 1 fully saturated rings. The lowest BCUT2D eigenvalue weighted by Crippen LogP contribution is -2.39. The average molecular weight is 394 g/mol. The first-order valence-corrected chi connectivity index (χ1v) is 10.7. The molecule has 6 nitrogen and oxygen atoms in total. The molecule has 0 aromatic carbocycles. The van der Waals surface area contributed by atoms with E-state index in [1.807, 2.05) is 0 Å². The number of carbonyl (C=O) groups is 1. The van der Waals surface area contributed by atoms with Crippen LogP contribution in [0.25, 0.3) is 0 Å². The number of likely N-dealkylation sites (tertiary alicyclic amines) is 1. The van der Waals surface area contributed by atoms with Crippen LogP contribution in [0.4, 0.5) is 0 Å². The van der Waals surface area contributed by atoms with Crippen LogP contribution in [-0.4, -0.2) is 63.3 Å². The van der Waals surface area contributed by atoms with Crippen molar-refractivity contribution in [2.24, 2.45) is 0 Å². The van der Waals surface area contributed by atoms with Gasteiger partial charge >= 0.3 is 0 Å². The fourth-order valence-corrected chi connectivity index (χ4v) is 5.47. The molecule has 0 saturated carbocycles. The Labute approximate surface area is 152 Å². The summed E-state index contributed by atoms with van der Waals surface area (Å²) in [5.74, 6) is -0.289. The maximum absolute atomic E-state index is 12.3. The van der Waals surface area contributed by atoms with E-state index in [0.717, 1.165) is 41.7 Å². The lowest BCUT2D eigenvalue weighted by Gasteiger charge is -2.26. The Morgan fingerprint density at radius 1 is 1.33 bits per heavy atom. The summed E-state index contributed by atoms with van der Waals surface area (Å²) < 4.78 is 26.2. The molecule has 1 saturated heterocycles. The Kier molecular flexibility index (Phi) is 7.49. The van der Waals surface area contributed by atoms with Crippen LogP contribution in [0.2, 0.25) is 4.34 Å². The number of nitrogens with zero attached hydrogens (tertiary/aromatic N) is 2. The van der Waals surface area contributed by atoms with Gasteiger partial charge in [0.2, 0.25) is 5.91 Å². The molecule has 0 aliphatic carbocycles. The van der Waals surface area contributed by atoms with Crippen molar-refractivity contribution < 1.29 is 13.2 Å². The van der Waals surface area contributed by atoms with Crippen LogP contribution in [0.15, 0.2) is 16.3 Å². The molecule has 2 rings (SSSR count). The highest BCUT2D eigenvalue weighted by Gasteiger charge is 2.24. The van der Waals surface area contributed by atoms with Crippen molar-refractivity contribution in [2.75, 3.05) is 39.8 Å². The summed E-state index contributed by atoms with van der Waals surface area (Å²) in [6.45, 7) is 3.62. The number of rotatable bonds is 8. The number of halogens is 1. The molecule has 1 N–H and O–H groups in total. The van der Waals surface area contributed by atoms with Crippen LogP contribution in [-0.2, 0) is 14.8 Å². The van der Waals surface area contributed by atoms with Gasteiger partial charge in [0.1, 0.15) is 4.21 Å². The van der Waals surface area contributed by atoms with Crippen LogP contribution in [0.1, 0.15) is 25.7 Å². The van der Waals surface area contributed by atoms with Crippen LogP contribution in [0, 0.1) is 0 Å². The first-order chi connectivity index (χ1) is 11.4. The van der Waals surface area contributed by atoms with Crippen molar-refractivity contribution in [3.63, 3.8) is 0 Å². The van der Waals surface area contributed by atoms with E-state index in [4.69, 9.17) is 11.6 Å². The third-order valence-electron chi connectivity index (χ3n) is 4.00. The van der Waals surface area contributed by atoms with Crippen molar-refractivity contribution in [3.8, 4) is 0 Å². The standard InChI is InChI=1S/C15H24ClN3O3S2/c1-18(24(21,22)15-7-6-13(16)23-15)12-14(20)17-8-5-11-19-9-3-2-4-10-19/h6-7H,2-5,8-12H2,1H3,(H,17,20). The normalized spacial score (nSPS) is 16.5. The van der Waals surface area contributed by atoms with Crippen LogP contribution in [0.5, 0.6) is 0 Å². The molecule has 1 amide bonds. The molecule has 0 atom stereocenters. The predicted molar refractivity (Wildman–Crippen MR) is 97.1 cm³/mol. The first-order valence-electron chi connectivity index (χ1n) is 8.10. The monoisotopic (exact) mass is 393 g/mol. The maximum atomic E-state index is 12.3. The van der Waals surface area contributed by atoms with E-state index >= 15 is 0 Å².